The number of carbonyl (C=O) groups is 1. The molecule has 1 fully saturated rings. The Hall–Kier alpha value is -1.71. The summed E-state index contributed by atoms with van der Waals surface area (Å²) in [6.45, 7) is 9.34. The molecule has 0 atom stereocenters. The summed E-state index contributed by atoms with van der Waals surface area (Å²) in [4.78, 5) is 14.6. The second kappa shape index (κ2) is 9.12. The van der Waals surface area contributed by atoms with Crippen LogP contribution in [0.15, 0.2) is 30.3 Å². The van der Waals surface area contributed by atoms with Crippen LogP contribution in [0.4, 0.5) is 4.79 Å². The van der Waals surface area contributed by atoms with Crippen molar-refractivity contribution in [3.63, 3.8) is 0 Å². The molecule has 0 saturated heterocycles. The molecule has 4 heteroatoms. The van der Waals surface area contributed by atoms with E-state index in [1.165, 1.54) is 12.8 Å². The fraction of sp³-hybridized carbons (Fsp3) is 0.667. The number of ether oxygens (including phenoxy) is 2. The average Bonchev–Trinajstić information content (AvgIpc) is 2.55. The number of carbonyl (C=O) groups excluding carboxylic acids is 1. The van der Waals surface area contributed by atoms with E-state index in [1.54, 1.807) is 0 Å². The quantitative estimate of drug-likeness (QED) is 0.658. The van der Waals surface area contributed by atoms with Gasteiger partial charge in [0.25, 0.3) is 0 Å². The molecule has 4 nitrogen and oxygen atoms in total. The van der Waals surface area contributed by atoms with Crippen molar-refractivity contribution in [3.05, 3.63) is 30.3 Å². The summed E-state index contributed by atoms with van der Waals surface area (Å²) in [6, 6.07) is 10.1. The first kappa shape index (κ1) is 19.6. The molecule has 1 amide bonds. The van der Waals surface area contributed by atoms with Gasteiger partial charge in [0.1, 0.15) is 11.4 Å². The van der Waals surface area contributed by atoms with Crippen molar-refractivity contribution in [1.82, 2.24) is 4.90 Å². The van der Waals surface area contributed by atoms with Gasteiger partial charge in [0.2, 0.25) is 0 Å². The zero-order chi connectivity index (χ0) is 18.3. The predicted octanol–water partition coefficient (Wildman–Crippen LogP) is 5.27. The first-order valence-corrected chi connectivity index (χ1v) is 9.52. The standard InChI is InChI=1S/C21H33NO3/c1-17-11-13-18(14-12-17)22(20(23)25-21(2,3)4)15-8-16-24-19-9-6-5-7-10-19/h5-7,9-10,17-18H,8,11-16H2,1-4H3. The van der Waals surface area contributed by atoms with Crippen LogP contribution in [-0.2, 0) is 4.74 Å². The first-order valence-electron chi connectivity index (χ1n) is 9.52. The molecule has 1 aromatic carbocycles. The van der Waals surface area contributed by atoms with E-state index in [0.29, 0.717) is 19.2 Å². The number of amides is 1. The van der Waals surface area contributed by atoms with E-state index in [0.717, 1.165) is 30.9 Å². The minimum atomic E-state index is -0.460. The van der Waals surface area contributed by atoms with Crippen LogP contribution in [0, 0.1) is 5.92 Å². The SMILES string of the molecule is CC1CCC(N(CCCOc2ccccc2)C(=O)OC(C)(C)C)CC1. The van der Waals surface area contributed by atoms with Gasteiger partial charge >= 0.3 is 6.09 Å². The molecule has 0 spiro atoms. The second-order valence-corrected chi connectivity index (χ2v) is 8.10. The summed E-state index contributed by atoms with van der Waals surface area (Å²) in [5.74, 6) is 1.64. The molecule has 1 aliphatic rings. The first-order chi connectivity index (χ1) is 11.8. The summed E-state index contributed by atoms with van der Waals surface area (Å²) in [6.07, 6.45) is 5.13. The highest BCUT2D eigenvalue weighted by molar-refractivity contribution is 5.68. The van der Waals surface area contributed by atoms with Crippen LogP contribution >= 0.6 is 0 Å². The third-order valence-electron chi connectivity index (χ3n) is 4.61. The summed E-state index contributed by atoms with van der Waals surface area (Å²) < 4.78 is 11.4. The summed E-state index contributed by atoms with van der Waals surface area (Å²) in [7, 11) is 0. The van der Waals surface area contributed by atoms with Crippen molar-refractivity contribution in [3.8, 4) is 5.75 Å². The topological polar surface area (TPSA) is 38.8 Å². The molecular weight excluding hydrogens is 314 g/mol. The van der Waals surface area contributed by atoms with Crippen LogP contribution in [0.3, 0.4) is 0 Å². The molecule has 0 unspecified atom stereocenters. The van der Waals surface area contributed by atoms with E-state index in [1.807, 2.05) is 56.0 Å². The minimum Gasteiger partial charge on any atom is -0.494 e. The van der Waals surface area contributed by atoms with Crippen molar-refractivity contribution >= 4 is 6.09 Å². The zero-order valence-corrected chi connectivity index (χ0v) is 16.2. The maximum atomic E-state index is 12.7. The Bertz CT molecular complexity index is 516. The summed E-state index contributed by atoms with van der Waals surface area (Å²) in [5.41, 5.74) is -0.460. The molecule has 25 heavy (non-hydrogen) atoms. The van der Waals surface area contributed by atoms with Crippen LogP contribution in [0.25, 0.3) is 0 Å². The van der Waals surface area contributed by atoms with Gasteiger partial charge in [-0.1, -0.05) is 25.1 Å². The maximum Gasteiger partial charge on any atom is 0.410 e. The lowest BCUT2D eigenvalue weighted by molar-refractivity contribution is 0.00960. The Labute approximate surface area is 152 Å². The van der Waals surface area contributed by atoms with Gasteiger partial charge < -0.3 is 14.4 Å². The number of nitrogens with zero attached hydrogens (tertiary/aromatic N) is 1. The van der Waals surface area contributed by atoms with E-state index in [2.05, 4.69) is 6.92 Å². The molecule has 0 heterocycles. The molecule has 0 radical (unpaired) electrons. The lowest BCUT2D eigenvalue weighted by Gasteiger charge is -2.37. The molecular formula is C21H33NO3. The summed E-state index contributed by atoms with van der Waals surface area (Å²) >= 11 is 0. The highest BCUT2D eigenvalue weighted by Gasteiger charge is 2.30. The third kappa shape index (κ3) is 6.97. The number of hydrogen-bond donors (Lipinski definition) is 0. The van der Waals surface area contributed by atoms with Gasteiger partial charge in [-0.2, -0.15) is 0 Å². The van der Waals surface area contributed by atoms with Crippen molar-refractivity contribution in [2.24, 2.45) is 5.92 Å². The van der Waals surface area contributed by atoms with Crippen LogP contribution in [-0.4, -0.2) is 35.8 Å². The highest BCUT2D eigenvalue weighted by atomic mass is 16.6. The van der Waals surface area contributed by atoms with Gasteiger partial charge in [0, 0.05) is 12.6 Å². The molecule has 0 aromatic heterocycles. The van der Waals surface area contributed by atoms with E-state index in [4.69, 9.17) is 9.47 Å². The molecule has 1 saturated carbocycles. The van der Waals surface area contributed by atoms with Crippen LogP contribution in [0.2, 0.25) is 0 Å². The Kier molecular flexibility index (Phi) is 7.15. The molecule has 0 aliphatic heterocycles. The average molecular weight is 347 g/mol. The van der Waals surface area contributed by atoms with E-state index in [9.17, 15) is 4.79 Å². The monoisotopic (exact) mass is 347 g/mol. The van der Waals surface area contributed by atoms with Crippen LogP contribution < -0.4 is 4.74 Å². The van der Waals surface area contributed by atoms with Gasteiger partial charge in [-0.3, -0.25) is 0 Å². The molecule has 0 bridgehead atoms. The van der Waals surface area contributed by atoms with Gasteiger partial charge in [-0.05, 0) is 70.9 Å². The number of hydrogen-bond acceptors (Lipinski definition) is 3. The Balaban J connectivity index is 1.88. The summed E-state index contributed by atoms with van der Waals surface area (Å²) in [5, 5.41) is 0. The van der Waals surface area contributed by atoms with Crippen LogP contribution in [0.1, 0.15) is 59.8 Å². The maximum absolute atomic E-state index is 12.7. The minimum absolute atomic E-state index is 0.188. The van der Waals surface area contributed by atoms with Crippen LogP contribution in [0.5, 0.6) is 5.75 Å². The van der Waals surface area contributed by atoms with E-state index in [-0.39, 0.29) is 6.09 Å². The molecule has 140 valence electrons. The van der Waals surface area contributed by atoms with Crippen molar-refractivity contribution < 1.29 is 14.3 Å². The predicted molar refractivity (Wildman–Crippen MR) is 101 cm³/mol. The largest absolute Gasteiger partial charge is 0.494 e. The Morgan fingerprint density at radius 2 is 1.76 bits per heavy atom. The molecule has 2 rings (SSSR count). The molecule has 1 aromatic rings. The van der Waals surface area contributed by atoms with Gasteiger partial charge in [-0.15, -0.1) is 0 Å². The van der Waals surface area contributed by atoms with Crippen molar-refractivity contribution in [2.45, 2.75) is 71.4 Å². The van der Waals surface area contributed by atoms with Crippen molar-refractivity contribution in [1.29, 1.82) is 0 Å². The highest BCUT2D eigenvalue weighted by Crippen LogP contribution is 2.28. The Morgan fingerprint density at radius 3 is 2.36 bits per heavy atom. The molecule has 0 N–H and O–H groups in total. The third-order valence-corrected chi connectivity index (χ3v) is 4.61. The fourth-order valence-electron chi connectivity index (χ4n) is 3.24. The van der Waals surface area contributed by atoms with Gasteiger partial charge in [0.15, 0.2) is 0 Å². The van der Waals surface area contributed by atoms with E-state index < -0.39 is 5.60 Å². The smallest absolute Gasteiger partial charge is 0.410 e. The Morgan fingerprint density at radius 1 is 1.12 bits per heavy atom. The van der Waals surface area contributed by atoms with Gasteiger partial charge in [-0.25, -0.2) is 4.79 Å². The number of rotatable bonds is 6. The zero-order valence-electron chi connectivity index (χ0n) is 16.2. The van der Waals surface area contributed by atoms with Gasteiger partial charge in [0.05, 0.1) is 6.61 Å². The lowest BCUT2D eigenvalue weighted by atomic mass is 9.86. The molecule has 1 aliphatic carbocycles. The van der Waals surface area contributed by atoms with E-state index >= 15 is 0 Å². The number of para-hydroxylation sites is 1. The lowest BCUT2D eigenvalue weighted by Crippen LogP contribution is -2.45. The normalized spacial score (nSPS) is 20.8. The second-order valence-electron chi connectivity index (χ2n) is 8.10. The fourth-order valence-corrected chi connectivity index (χ4v) is 3.24. The van der Waals surface area contributed by atoms with Crippen molar-refractivity contribution in [2.75, 3.05) is 13.2 Å². The number of benzene rings is 1.